The molecule has 2 aliphatic heterocycles. The first-order valence-electron chi connectivity index (χ1n) is 10.5. The standard InChI is InChI=1S/C23H28ClN3O4S/c1-5-26(6-2)19(28)13-18-14-32-23-25-15(3)20(22(29)31-12-11-30-4)21(27(18)23)16-7-9-17(24)10-8-16/h7-10,14,21H,5-6,11-13H2,1-4H3. The number of amidine groups is 1. The average molecular weight is 478 g/mol. The third kappa shape index (κ3) is 5.19. The molecule has 1 aromatic carbocycles. The lowest BCUT2D eigenvalue weighted by Gasteiger charge is -2.36. The highest BCUT2D eigenvalue weighted by molar-refractivity contribution is 8.16. The first-order chi connectivity index (χ1) is 15.4. The van der Waals surface area contributed by atoms with Gasteiger partial charge in [-0.15, -0.1) is 0 Å². The number of ether oxygens (including phenoxy) is 2. The molecule has 7 nitrogen and oxygen atoms in total. The number of carbonyl (C=O) groups excluding carboxylic acids is 2. The number of amides is 1. The van der Waals surface area contributed by atoms with Crippen molar-refractivity contribution in [1.82, 2.24) is 9.80 Å². The zero-order valence-corrected chi connectivity index (χ0v) is 20.3. The van der Waals surface area contributed by atoms with E-state index in [1.807, 2.05) is 36.3 Å². The summed E-state index contributed by atoms with van der Waals surface area (Å²) in [5.74, 6) is -0.415. The number of esters is 1. The van der Waals surface area contributed by atoms with Gasteiger partial charge in [-0.2, -0.15) is 0 Å². The third-order valence-corrected chi connectivity index (χ3v) is 6.52. The molecule has 172 valence electrons. The van der Waals surface area contributed by atoms with Crippen molar-refractivity contribution in [3.63, 3.8) is 0 Å². The number of methoxy groups -OCH3 is 1. The summed E-state index contributed by atoms with van der Waals surface area (Å²) >= 11 is 7.57. The van der Waals surface area contributed by atoms with Crippen LogP contribution in [0.3, 0.4) is 0 Å². The van der Waals surface area contributed by atoms with Crippen LogP contribution in [0.2, 0.25) is 5.02 Å². The van der Waals surface area contributed by atoms with Crippen LogP contribution in [0.25, 0.3) is 0 Å². The van der Waals surface area contributed by atoms with Crippen LogP contribution in [0, 0.1) is 0 Å². The molecule has 2 heterocycles. The highest BCUT2D eigenvalue weighted by Crippen LogP contribution is 2.45. The maximum Gasteiger partial charge on any atom is 0.338 e. The molecule has 1 atom stereocenters. The highest BCUT2D eigenvalue weighted by Gasteiger charge is 2.41. The van der Waals surface area contributed by atoms with E-state index in [1.54, 1.807) is 31.1 Å². The molecule has 3 rings (SSSR count). The molecule has 0 radical (unpaired) electrons. The maximum atomic E-state index is 13.1. The number of nitrogens with zero attached hydrogens (tertiary/aromatic N) is 3. The van der Waals surface area contributed by atoms with Gasteiger partial charge in [0, 0.05) is 30.9 Å². The van der Waals surface area contributed by atoms with Crippen LogP contribution in [0.1, 0.15) is 38.8 Å². The SMILES string of the molecule is CCN(CC)C(=O)CC1=CSC2=NC(C)=C(C(=O)OCCOC)C(c3ccc(Cl)cc3)N12. The third-order valence-electron chi connectivity index (χ3n) is 5.38. The fourth-order valence-electron chi connectivity index (χ4n) is 3.73. The largest absolute Gasteiger partial charge is 0.460 e. The Hall–Kier alpha value is -2.29. The van der Waals surface area contributed by atoms with Crippen LogP contribution in [-0.2, 0) is 19.1 Å². The summed E-state index contributed by atoms with van der Waals surface area (Å²) in [4.78, 5) is 34.4. The summed E-state index contributed by atoms with van der Waals surface area (Å²) in [6.45, 7) is 7.48. The van der Waals surface area contributed by atoms with Crippen molar-refractivity contribution in [3.05, 3.63) is 57.2 Å². The van der Waals surface area contributed by atoms with Crippen LogP contribution >= 0.6 is 23.4 Å². The van der Waals surface area contributed by atoms with Gasteiger partial charge in [0.05, 0.1) is 30.3 Å². The molecule has 0 aromatic heterocycles. The van der Waals surface area contributed by atoms with E-state index in [1.165, 1.54) is 11.8 Å². The molecule has 1 amide bonds. The second-order valence-corrected chi connectivity index (χ2v) is 8.59. The molecular formula is C23H28ClN3O4S. The topological polar surface area (TPSA) is 71.4 Å². The monoisotopic (exact) mass is 477 g/mol. The number of halogens is 1. The number of fused-ring (bicyclic) bond motifs is 1. The van der Waals surface area contributed by atoms with Crippen molar-refractivity contribution in [1.29, 1.82) is 0 Å². The summed E-state index contributed by atoms with van der Waals surface area (Å²) in [7, 11) is 1.55. The van der Waals surface area contributed by atoms with Crippen molar-refractivity contribution < 1.29 is 19.1 Å². The van der Waals surface area contributed by atoms with Gasteiger partial charge in [-0.3, -0.25) is 4.79 Å². The summed E-state index contributed by atoms with van der Waals surface area (Å²) in [5.41, 5.74) is 2.70. The van der Waals surface area contributed by atoms with E-state index in [0.717, 1.165) is 16.4 Å². The fourth-order valence-corrected chi connectivity index (χ4v) is 4.82. The lowest BCUT2D eigenvalue weighted by molar-refractivity contribution is -0.141. The molecule has 0 aliphatic carbocycles. The van der Waals surface area contributed by atoms with Crippen LogP contribution < -0.4 is 0 Å². The number of carbonyl (C=O) groups is 2. The molecule has 0 saturated heterocycles. The van der Waals surface area contributed by atoms with Crippen LogP contribution in [-0.4, -0.2) is 60.3 Å². The first-order valence-corrected chi connectivity index (χ1v) is 11.8. The Morgan fingerprint density at radius 2 is 1.88 bits per heavy atom. The van der Waals surface area contributed by atoms with Crippen molar-refractivity contribution in [3.8, 4) is 0 Å². The number of hydrogen-bond donors (Lipinski definition) is 0. The molecule has 32 heavy (non-hydrogen) atoms. The van der Waals surface area contributed by atoms with Crippen LogP contribution in [0.15, 0.2) is 51.6 Å². The molecule has 2 aliphatic rings. The Bertz CT molecular complexity index is 954. The molecule has 1 unspecified atom stereocenters. The van der Waals surface area contributed by atoms with Gasteiger partial charge in [-0.25, -0.2) is 9.79 Å². The second kappa shape index (κ2) is 11.0. The van der Waals surface area contributed by atoms with Gasteiger partial charge >= 0.3 is 5.97 Å². The number of allylic oxidation sites excluding steroid dienone is 1. The average Bonchev–Trinajstić information content (AvgIpc) is 3.16. The number of benzene rings is 1. The van der Waals surface area contributed by atoms with E-state index in [2.05, 4.69) is 4.99 Å². The van der Waals surface area contributed by atoms with Crippen molar-refractivity contribution in [2.24, 2.45) is 4.99 Å². The first kappa shape index (κ1) is 24.4. The zero-order chi connectivity index (χ0) is 23.3. The van der Waals surface area contributed by atoms with Gasteiger partial charge < -0.3 is 19.3 Å². The van der Waals surface area contributed by atoms with Gasteiger partial charge in [0.25, 0.3) is 0 Å². The summed E-state index contributed by atoms with van der Waals surface area (Å²) in [6, 6.07) is 6.88. The number of aliphatic imine (C=N–C) groups is 1. The molecule has 0 N–H and O–H groups in total. The minimum atomic E-state index is -0.472. The number of hydrogen-bond acceptors (Lipinski definition) is 7. The Labute approximate surface area is 198 Å². The number of thioether (sulfide) groups is 1. The number of rotatable bonds is 9. The van der Waals surface area contributed by atoms with Gasteiger partial charge in [0.2, 0.25) is 5.91 Å². The Kier molecular flexibility index (Phi) is 8.39. The minimum absolute atomic E-state index is 0.0356. The Balaban J connectivity index is 1.99. The quantitative estimate of drug-likeness (QED) is 0.388. The predicted molar refractivity (Wildman–Crippen MR) is 127 cm³/mol. The molecule has 9 heteroatoms. The lowest BCUT2D eigenvalue weighted by Crippen LogP contribution is -2.39. The van der Waals surface area contributed by atoms with Gasteiger partial charge in [-0.1, -0.05) is 35.5 Å². The summed E-state index contributed by atoms with van der Waals surface area (Å²) in [6.07, 6.45) is 0.225. The highest BCUT2D eigenvalue weighted by atomic mass is 35.5. The normalized spacial score (nSPS) is 17.7. The fraction of sp³-hybridized carbons (Fsp3) is 0.435. The van der Waals surface area contributed by atoms with Crippen molar-refractivity contribution in [2.75, 3.05) is 33.4 Å². The van der Waals surface area contributed by atoms with Crippen LogP contribution in [0.5, 0.6) is 0 Å². The lowest BCUT2D eigenvalue weighted by atomic mass is 9.94. The van der Waals surface area contributed by atoms with E-state index in [9.17, 15) is 9.59 Å². The molecule has 0 bridgehead atoms. The van der Waals surface area contributed by atoms with E-state index >= 15 is 0 Å². The van der Waals surface area contributed by atoms with E-state index < -0.39 is 12.0 Å². The van der Waals surface area contributed by atoms with Crippen molar-refractivity contribution >= 4 is 40.4 Å². The van der Waals surface area contributed by atoms with E-state index in [4.69, 9.17) is 21.1 Å². The Morgan fingerprint density at radius 3 is 2.50 bits per heavy atom. The summed E-state index contributed by atoms with van der Waals surface area (Å²) < 4.78 is 10.5. The smallest absolute Gasteiger partial charge is 0.338 e. The van der Waals surface area contributed by atoms with E-state index in [-0.39, 0.29) is 18.9 Å². The second-order valence-electron chi connectivity index (χ2n) is 7.32. The van der Waals surface area contributed by atoms with Crippen LogP contribution in [0.4, 0.5) is 0 Å². The molecule has 0 fully saturated rings. The molecule has 0 spiro atoms. The van der Waals surface area contributed by atoms with Gasteiger partial charge in [-0.05, 0) is 43.9 Å². The Morgan fingerprint density at radius 1 is 1.19 bits per heavy atom. The molecular weight excluding hydrogens is 450 g/mol. The van der Waals surface area contributed by atoms with E-state index in [0.29, 0.717) is 36.0 Å². The minimum Gasteiger partial charge on any atom is -0.460 e. The summed E-state index contributed by atoms with van der Waals surface area (Å²) in [5, 5.41) is 3.28. The van der Waals surface area contributed by atoms with Gasteiger partial charge in [0.15, 0.2) is 5.17 Å². The molecule has 0 saturated carbocycles. The maximum absolute atomic E-state index is 13.1. The van der Waals surface area contributed by atoms with Crippen molar-refractivity contribution in [2.45, 2.75) is 33.2 Å². The zero-order valence-electron chi connectivity index (χ0n) is 18.8. The van der Waals surface area contributed by atoms with Gasteiger partial charge in [0.1, 0.15) is 6.61 Å². The predicted octanol–water partition coefficient (Wildman–Crippen LogP) is 4.36. The molecule has 1 aromatic rings.